The zero-order valence-electron chi connectivity index (χ0n) is 19.4. The molecule has 0 aromatic heterocycles. The summed E-state index contributed by atoms with van der Waals surface area (Å²) < 4.78 is 26.2. The van der Waals surface area contributed by atoms with E-state index in [2.05, 4.69) is 18.7 Å². The molecule has 0 aromatic carbocycles. The van der Waals surface area contributed by atoms with Gasteiger partial charge in [-0.2, -0.15) is 0 Å². The minimum atomic E-state index is -2.01. The van der Waals surface area contributed by atoms with E-state index in [1.807, 2.05) is 37.8 Å². The lowest BCUT2D eigenvalue weighted by molar-refractivity contribution is -0.143. The van der Waals surface area contributed by atoms with Gasteiger partial charge in [0.15, 0.2) is 11.1 Å². The van der Waals surface area contributed by atoms with Crippen molar-refractivity contribution < 1.29 is 23.1 Å². The van der Waals surface area contributed by atoms with Crippen LogP contribution in [0, 0.1) is 17.8 Å². The summed E-state index contributed by atoms with van der Waals surface area (Å²) in [5.74, 6) is 0.194. The Bertz CT molecular complexity index is 808. The molecule has 0 radical (unpaired) electrons. The van der Waals surface area contributed by atoms with Crippen molar-refractivity contribution in [3.8, 4) is 0 Å². The van der Waals surface area contributed by atoms with Crippen LogP contribution in [0.3, 0.4) is 0 Å². The second-order valence-electron chi connectivity index (χ2n) is 10.0. The van der Waals surface area contributed by atoms with Crippen molar-refractivity contribution in [2.45, 2.75) is 64.5 Å². The van der Waals surface area contributed by atoms with E-state index in [0.29, 0.717) is 50.2 Å². The molecular weight excluding hydrogens is 428 g/mol. The Labute approximate surface area is 193 Å². The molecule has 2 aliphatic carbocycles. The van der Waals surface area contributed by atoms with E-state index < -0.39 is 16.7 Å². The number of ether oxygens (including phenoxy) is 1. The monoisotopic (exact) mass is 464 g/mol. The number of hydrogen-bond donors (Lipinski definition) is 1. The van der Waals surface area contributed by atoms with E-state index in [-0.39, 0.29) is 35.8 Å². The minimum Gasteiger partial charge on any atom is -0.444 e. The van der Waals surface area contributed by atoms with Crippen LogP contribution in [-0.2, 0) is 20.6 Å². The van der Waals surface area contributed by atoms with Crippen LogP contribution in [0.5, 0.6) is 0 Å². The van der Waals surface area contributed by atoms with E-state index in [1.54, 1.807) is 4.90 Å². The molecule has 1 saturated heterocycles. The molecule has 7 nitrogen and oxygen atoms in total. The number of carbonyl (C=O) groups is 2. The summed E-state index contributed by atoms with van der Waals surface area (Å²) in [4.78, 5) is 30.3. The highest BCUT2D eigenvalue weighted by atomic mass is 32.2. The van der Waals surface area contributed by atoms with Gasteiger partial charge in [0.25, 0.3) is 0 Å². The topological polar surface area (TPSA) is 87.2 Å². The summed E-state index contributed by atoms with van der Waals surface area (Å²) in [7, 11) is 0. The van der Waals surface area contributed by atoms with E-state index in [4.69, 9.17) is 4.74 Å². The van der Waals surface area contributed by atoms with Gasteiger partial charge in [-0.1, -0.05) is 30.9 Å². The zero-order chi connectivity index (χ0) is 23.5. The van der Waals surface area contributed by atoms with Gasteiger partial charge in [0.2, 0.25) is 5.91 Å². The lowest BCUT2D eigenvalue weighted by Crippen LogP contribution is -2.60. The third-order valence-electron chi connectivity index (χ3n) is 6.62. The highest BCUT2D eigenvalue weighted by molar-refractivity contribution is 7.83. The van der Waals surface area contributed by atoms with Crippen molar-refractivity contribution in [3.63, 3.8) is 0 Å². The lowest BCUT2D eigenvalue weighted by Gasteiger charge is -2.46. The number of amides is 2. The molecule has 0 spiro atoms. The molecule has 1 N–H and O–H groups in total. The smallest absolute Gasteiger partial charge is 0.410 e. The fourth-order valence-corrected chi connectivity index (χ4v) is 5.39. The summed E-state index contributed by atoms with van der Waals surface area (Å²) in [6.07, 6.45) is 11.5. The Morgan fingerprint density at radius 3 is 2.31 bits per heavy atom. The van der Waals surface area contributed by atoms with Crippen LogP contribution < -0.4 is 0 Å². The first-order valence-electron chi connectivity index (χ1n) is 11.5. The summed E-state index contributed by atoms with van der Waals surface area (Å²) in [6, 6.07) is -0.0948. The van der Waals surface area contributed by atoms with Crippen molar-refractivity contribution in [3.05, 3.63) is 35.8 Å². The molecule has 0 bridgehead atoms. The third-order valence-corrected chi connectivity index (χ3v) is 7.40. The summed E-state index contributed by atoms with van der Waals surface area (Å²) in [5.41, 5.74) is -0.562. The summed E-state index contributed by atoms with van der Waals surface area (Å²) >= 11 is -2.01. The quantitative estimate of drug-likeness (QED) is 0.633. The van der Waals surface area contributed by atoms with Gasteiger partial charge in [-0.3, -0.25) is 4.79 Å². The molecule has 3 atom stereocenters. The van der Waals surface area contributed by atoms with Crippen LogP contribution in [0.25, 0.3) is 0 Å². The van der Waals surface area contributed by atoms with Crippen LogP contribution in [0.15, 0.2) is 35.8 Å². The molecule has 2 amide bonds. The Morgan fingerprint density at radius 1 is 1.09 bits per heavy atom. The largest absolute Gasteiger partial charge is 0.444 e. The molecule has 1 heterocycles. The Kier molecular flexibility index (Phi) is 7.98. The first-order valence-corrected chi connectivity index (χ1v) is 12.6. The van der Waals surface area contributed by atoms with E-state index in [9.17, 15) is 18.4 Å². The molecule has 2 fully saturated rings. The molecule has 3 unspecified atom stereocenters. The fraction of sp³-hybridized carbons (Fsp3) is 0.667. The number of piperazine rings is 1. The normalized spacial score (nSPS) is 29.5. The maximum absolute atomic E-state index is 13.5. The van der Waals surface area contributed by atoms with Gasteiger partial charge in [0, 0.05) is 36.4 Å². The average Bonchev–Trinajstić information content (AvgIpc) is 2.77. The number of hydrogen-bond acceptors (Lipinski definition) is 4. The highest BCUT2D eigenvalue weighted by Crippen LogP contribution is 2.36. The van der Waals surface area contributed by atoms with Crippen molar-refractivity contribution in [2.75, 3.05) is 19.6 Å². The zero-order valence-corrected chi connectivity index (χ0v) is 20.2. The Balaban J connectivity index is 1.69. The van der Waals surface area contributed by atoms with Crippen LogP contribution in [0.1, 0.15) is 52.9 Å². The van der Waals surface area contributed by atoms with Gasteiger partial charge >= 0.3 is 6.09 Å². The maximum Gasteiger partial charge on any atom is 0.410 e. The van der Waals surface area contributed by atoms with Gasteiger partial charge in [-0.15, -0.1) is 0 Å². The van der Waals surface area contributed by atoms with Crippen molar-refractivity contribution >= 4 is 23.1 Å². The Morgan fingerprint density at radius 2 is 1.75 bits per heavy atom. The fourth-order valence-electron chi connectivity index (χ4n) is 4.87. The van der Waals surface area contributed by atoms with Crippen molar-refractivity contribution in [1.82, 2.24) is 9.80 Å². The molecule has 1 saturated carbocycles. The predicted octanol–water partition coefficient (Wildman–Crippen LogP) is 4.11. The van der Waals surface area contributed by atoms with Gasteiger partial charge in [-0.05, 0) is 58.8 Å². The van der Waals surface area contributed by atoms with Crippen molar-refractivity contribution in [2.24, 2.45) is 17.8 Å². The molecule has 178 valence electrons. The highest BCUT2D eigenvalue weighted by Gasteiger charge is 2.40. The third kappa shape index (κ3) is 6.10. The number of carbonyl (C=O) groups excluding carboxylic acids is 2. The molecule has 0 aromatic rings. The van der Waals surface area contributed by atoms with E-state index >= 15 is 0 Å². The molecular formula is C24H36N2O5S. The standard InChI is InChI=1S/C24H36N2O5S/c1-17(32(29)30)18-10-12-20(13-11-18)22(27)26-15-14-25(23(28)31-24(2,3)4)16-21(26)19-8-6-5-7-9-19/h5-8,18-21H,1,9-16H2,2-4H3,(H,29,30). The van der Waals surface area contributed by atoms with Gasteiger partial charge in [0.05, 0.1) is 6.04 Å². The first-order chi connectivity index (χ1) is 15.1. The maximum atomic E-state index is 13.5. The number of nitrogens with zero attached hydrogens (tertiary/aromatic N) is 2. The molecule has 32 heavy (non-hydrogen) atoms. The number of rotatable bonds is 4. The molecule has 8 heteroatoms. The van der Waals surface area contributed by atoms with Crippen LogP contribution in [-0.4, -0.2) is 61.8 Å². The van der Waals surface area contributed by atoms with Gasteiger partial charge < -0.3 is 19.1 Å². The van der Waals surface area contributed by atoms with Gasteiger partial charge in [0.1, 0.15) is 5.60 Å². The summed E-state index contributed by atoms with van der Waals surface area (Å²) in [6.45, 7) is 10.7. The molecule has 3 rings (SSSR count). The lowest BCUT2D eigenvalue weighted by atomic mass is 9.80. The predicted molar refractivity (Wildman–Crippen MR) is 125 cm³/mol. The van der Waals surface area contributed by atoms with E-state index in [0.717, 1.165) is 6.42 Å². The summed E-state index contributed by atoms with van der Waals surface area (Å²) in [5, 5.41) is 0. The first kappa shape index (κ1) is 24.7. The van der Waals surface area contributed by atoms with Crippen LogP contribution >= 0.6 is 0 Å². The minimum absolute atomic E-state index is 0.00360. The second kappa shape index (κ2) is 10.3. The van der Waals surface area contributed by atoms with Gasteiger partial charge in [-0.25, -0.2) is 9.00 Å². The Hall–Kier alpha value is -1.93. The number of allylic oxidation sites excluding steroid dienone is 4. The SMILES string of the molecule is C=C(C1CCC(C(=O)N2CCN(C(=O)OC(C)(C)C)CC2C2C=CC=CC2)CC1)S(=O)O. The molecule has 1 aliphatic heterocycles. The average molecular weight is 465 g/mol. The van der Waals surface area contributed by atoms with Crippen LogP contribution in [0.4, 0.5) is 4.79 Å². The van der Waals surface area contributed by atoms with E-state index in [1.165, 1.54) is 0 Å². The van der Waals surface area contributed by atoms with Crippen LogP contribution in [0.2, 0.25) is 0 Å². The van der Waals surface area contributed by atoms with Crippen molar-refractivity contribution in [1.29, 1.82) is 0 Å². The molecule has 3 aliphatic rings. The second-order valence-corrected chi connectivity index (χ2v) is 11.0.